The quantitative estimate of drug-likeness (QED) is 0.0110. The van der Waals surface area contributed by atoms with Crippen molar-refractivity contribution >= 4 is 362 Å². The van der Waals surface area contributed by atoms with E-state index in [9.17, 15) is 106 Å². The van der Waals surface area contributed by atoms with Gasteiger partial charge in [0.2, 0.25) is 0 Å². The lowest BCUT2D eigenvalue weighted by molar-refractivity contribution is -0.140. The molecule has 0 aliphatic carbocycles. The monoisotopic (exact) mass is 2340 g/mol. The van der Waals surface area contributed by atoms with Crippen LogP contribution >= 0.6 is 201 Å². The van der Waals surface area contributed by atoms with E-state index in [2.05, 4.69) is 0 Å². The Morgan fingerprint density at radius 1 is 0.374 bits per heavy atom. The molecular formula is C88H87N11O31S17. The molecule has 7 saturated heterocycles. The lowest BCUT2D eigenvalue weighted by Gasteiger charge is -2.17. The largest absolute Gasteiger partial charge is 0.492 e. The molecule has 7 aliphatic rings. The first-order valence-corrected chi connectivity index (χ1v) is 53.4. The number of aliphatic carboxylic acids is 9. The van der Waals surface area contributed by atoms with Crippen molar-refractivity contribution in [1.82, 2.24) is 52.6 Å². The zero-order chi connectivity index (χ0) is 110. The van der Waals surface area contributed by atoms with Crippen LogP contribution in [0.5, 0.6) is 0 Å². The summed E-state index contributed by atoms with van der Waals surface area (Å²) in [5, 5.41) is 89.3. The molecule has 4 aromatic heterocycles. The first kappa shape index (κ1) is 124. The third kappa shape index (κ3) is 33.7. The van der Waals surface area contributed by atoms with Crippen molar-refractivity contribution in [2.24, 2.45) is 0 Å². The second kappa shape index (κ2) is 58.6. The predicted molar refractivity (Wildman–Crippen MR) is 589 cm³/mol. The van der Waals surface area contributed by atoms with Gasteiger partial charge < -0.3 is 60.7 Å². The number of rotatable bonds is 29. The first-order valence-electron chi connectivity index (χ1n) is 42.0. The molecule has 7 aliphatic heterocycles. The number of nitrogens with zero attached hydrogens (tertiary/aromatic N) is 11. The summed E-state index contributed by atoms with van der Waals surface area (Å²) in [5.74, 6) is -13.9. The van der Waals surface area contributed by atoms with Gasteiger partial charge in [-0.25, -0.2) is 4.79 Å². The molecule has 42 nitrogen and oxygen atoms in total. The standard InChI is InChI=1S/C17H13N3O9S4.C16H18N2O5S3.C12H12N2O5S3.C12H12N2O4S3.C12H12O2.C10H11NO3S2.C9H9NO3S2/c1-2-6-12(27)18(3-7(21)22)15(31-6)10-13(28)19(4-8(23)24)16(32-10)11-14(29)20(5-9(25)26)17(30)33-11;1-4-10-14(21)17(5-2)11(25-10)7-9(23-6-3)13-15(22)18(8-12(19)20)16(24)26-13;1-2-6-3-13(4-7(15)16)11(21-6)9-10(19)14(5-8(17)18)12(20)22-9;1-3-6-9(17)13(4-2)11(20-6)8-10(18)14(5-7(15)16)12(19)21-8;1-2-3-4-5-10-6-8-11(9-7-10)12(13)14;1-2-3-4-7-9(14)11(10(15)16-7)6-5-8(12)13;1-2-3-4-6-8(13)10(5-7(11)12)9(14)15-6/h2H,3-5H2,1H3,(H,21,22)(H,23,24)(H,25,26);4,7H,5-6,8H2,1-3H3,(H,19,20);2H,3-5H2,1H3,(H,15,16)(H,17,18);3H,4-5H2,1-2H3,(H,15,16);2-9H,1H3,(H,13,14);2-4H,5-6H2,1H3,(H,12,13);2-4H,5H2,1H3,(H,11,12)/b6-2+,15-10-,16-11-;10-4+,11-7?,13-9-;6-2+,11-9-;6-3+,11-8-;;3-2?,7-4+;3-2?,6-4+. The number of benzene rings is 1. The summed E-state index contributed by atoms with van der Waals surface area (Å²) < 4.78 is 13.9. The Labute approximate surface area is 909 Å². The number of carbonyl (C=O) groups is 16. The van der Waals surface area contributed by atoms with Crippen molar-refractivity contribution < 1.29 is 133 Å². The van der Waals surface area contributed by atoms with E-state index in [0.29, 0.717) is 97.4 Å². The number of amides is 6. The topological polar surface area (TPSA) is 595 Å². The third-order valence-electron chi connectivity index (χ3n) is 18.5. The fourth-order valence-corrected chi connectivity index (χ4v) is 25.5. The number of thiazole rings is 4. The highest BCUT2D eigenvalue weighted by molar-refractivity contribution is 8.31. The lowest BCUT2D eigenvalue weighted by Crippen LogP contribution is -2.35. The minimum atomic E-state index is -1.39. The highest BCUT2D eigenvalue weighted by Gasteiger charge is 2.43. The number of hydrogen-bond donors (Lipinski definition) is 10. The molecule has 0 radical (unpaired) electrons. The van der Waals surface area contributed by atoms with Gasteiger partial charge in [-0.1, -0.05) is 241 Å². The number of thioether (sulfide) groups is 7. The normalized spacial score (nSPS) is 18.4. The highest BCUT2D eigenvalue weighted by atomic mass is 32.2. The van der Waals surface area contributed by atoms with Gasteiger partial charge in [-0.15, -0.1) is 45.3 Å². The Balaban J connectivity index is 0.000000267. The summed E-state index contributed by atoms with van der Waals surface area (Å²) in [4.78, 5) is 243. The van der Waals surface area contributed by atoms with Crippen LogP contribution in [0, 0.1) is 9.20 Å². The number of ether oxygens (including phenoxy) is 1. The molecule has 12 rings (SSSR count). The van der Waals surface area contributed by atoms with Crippen molar-refractivity contribution in [3.63, 3.8) is 0 Å². The number of carboxylic acids is 10. The Morgan fingerprint density at radius 3 is 1.18 bits per heavy atom. The Morgan fingerprint density at radius 2 is 0.755 bits per heavy atom. The summed E-state index contributed by atoms with van der Waals surface area (Å²) >= 11 is 41.6. The SMILES string of the molecule is C/C=C1\CN(CC(=O)O)/C(=C2/SC(=S)N(CC(=O)O)C2=O)S1.C/C=c1/s/c(=C2\SC(=S)N(CC(=O)O)C2=O)n(CC)c1=O.C/C=c1/s/c(=c2\s/c(=C3\SC(=S)N(CC(=O)O)C3=O)n(CC(=O)O)c2=O)n(CC(=O)O)c1=O.C/C=c1/sc(=C/C(OCC)=C2/SC(=S)N(CC(=O)O)C2=O)n(CC)c1=O.CC=C/C=C1/SC(=S)N(CC(=O)O)C1=O.CC=C/C=C1/SC(=S)N(CCC(=O)O)C1=O.CC=CC=Cc1ccc(C(=O)O)cc1. The van der Waals surface area contributed by atoms with Crippen LogP contribution in [0.25, 0.3) is 40.2 Å². The number of carbonyl (C=O) groups excluding carboxylic acids is 6. The molecule has 0 bridgehead atoms. The zero-order valence-electron chi connectivity index (χ0n) is 78.3. The van der Waals surface area contributed by atoms with Crippen LogP contribution in [0.15, 0.2) is 140 Å². The van der Waals surface area contributed by atoms with Crippen molar-refractivity contribution in [3.05, 3.63) is 210 Å². The van der Waals surface area contributed by atoms with Gasteiger partial charge in [0.25, 0.3) is 57.7 Å². The van der Waals surface area contributed by atoms with Gasteiger partial charge in [0.05, 0.1) is 53.6 Å². The minimum Gasteiger partial charge on any atom is -0.492 e. The molecule has 0 saturated carbocycles. The average Bonchev–Trinajstić information content (AvgIpc) is 1.59. The van der Waals surface area contributed by atoms with Crippen LogP contribution in [0.2, 0.25) is 0 Å². The van der Waals surface area contributed by atoms with Gasteiger partial charge in [0.1, 0.15) is 127 Å². The van der Waals surface area contributed by atoms with Crippen LogP contribution in [-0.4, -0.2) is 284 Å². The fraction of sp³-hybridized carbons (Fsp3) is 0.273. The lowest BCUT2D eigenvalue weighted by atomic mass is 10.1. The third-order valence-corrected chi connectivity index (χ3v) is 33.7. The van der Waals surface area contributed by atoms with Crippen molar-refractivity contribution in [3.8, 4) is 0 Å². The van der Waals surface area contributed by atoms with Crippen molar-refractivity contribution in [2.45, 2.75) is 102 Å². The minimum absolute atomic E-state index is 0.00287. The average molecular weight is 2340 g/mol. The van der Waals surface area contributed by atoms with E-state index >= 15 is 0 Å². The van der Waals surface area contributed by atoms with E-state index < -0.39 is 134 Å². The molecule has 5 aromatic rings. The maximum atomic E-state index is 13.1. The predicted octanol–water partition coefficient (Wildman–Crippen LogP) is 6.21. The highest BCUT2D eigenvalue weighted by Crippen LogP contribution is 2.46. The molecule has 6 amide bonds. The zero-order valence-corrected chi connectivity index (χ0v) is 92.2. The molecule has 10 N–H and O–H groups in total. The summed E-state index contributed by atoms with van der Waals surface area (Å²) in [6.07, 6.45) is 26.3. The van der Waals surface area contributed by atoms with Crippen LogP contribution in [0.3, 0.4) is 0 Å². The number of thiocarbonyl (C=S) groups is 6. The van der Waals surface area contributed by atoms with Gasteiger partial charge in [0.15, 0.2) is 0 Å². The van der Waals surface area contributed by atoms with E-state index in [1.54, 1.807) is 110 Å². The summed E-state index contributed by atoms with van der Waals surface area (Å²) in [7, 11) is 0. The van der Waals surface area contributed by atoms with Crippen molar-refractivity contribution in [2.75, 3.05) is 59.0 Å². The van der Waals surface area contributed by atoms with E-state index in [1.807, 2.05) is 78.0 Å². The van der Waals surface area contributed by atoms with Crippen LogP contribution in [0.4, 0.5) is 0 Å². The maximum Gasteiger partial charge on any atom is 0.335 e. The van der Waals surface area contributed by atoms with Crippen molar-refractivity contribution in [1.29, 1.82) is 0 Å². The second-order valence-corrected chi connectivity index (χ2v) is 43.6. The number of hydrogen-bond acceptors (Lipinski definition) is 39. The first-order chi connectivity index (χ1) is 69.4. The van der Waals surface area contributed by atoms with E-state index in [4.69, 9.17) is 119 Å². The molecular weight excluding hydrogens is 2250 g/mol. The molecule has 59 heteroatoms. The second-order valence-electron chi connectivity index (χ2n) is 28.4. The van der Waals surface area contributed by atoms with Gasteiger partial charge >= 0.3 is 59.7 Å². The molecule has 782 valence electrons. The number of carboxylic acid groups (broad SMARTS) is 10. The van der Waals surface area contributed by atoms with Crippen LogP contribution in [-0.2, 0) is 103 Å². The Bertz CT molecular complexity index is 7370. The van der Waals surface area contributed by atoms with E-state index in [0.717, 1.165) is 102 Å². The summed E-state index contributed by atoms with van der Waals surface area (Å²) in [6.45, 7) is 15.4. The number of aromatic carboxylic acids is 1. The van der Waals surface area contributed by atoms with Gasteiger partial charge in [-0.05, 0) is 99.1 Å². The van der Waals surface area contributed by atoms with Gasteiger partial charge in [-0.2, -0.15) is 0 Å². The molecule has 11 heterocycles. The van der Waals surface area contributed by atoms with Crippen LogP contribution in [0.1, 0.15) is 91.6 Å². The molecule has 0 spiro atoms. The smallest absolute Gasteiger partial charge is 0.335 e. The maximum absolute atomic E-state index is 13.1. The Hall–Kier alpha value is -12.1. The molecule has 0 unspecified atom stereocenters. The summed E-state index contributed by atoms with van der Waals surface area (Å²) in [6, 6.07) is 6.75. The Kier molecular flexibility index (Phi) is 49.3. The van der Waals surface area contributed by atoms with Gasteiger partial charge in [0, 0.05) is 30.6 Å². The number of allylic oxidation sites excluding steroid dienone is 11. The van der Waals surface area contributed by atoms with E-state index in [1.165, 1.54) is 61.7 Å². The summed E-state index contributed by atoms with van der Waals surface area (Å²) in [5.41, 5.74) is -0.416. The van der Waals surface area contributed by atoms with E-state index in [-0.39, 0.29) is 109 Å². The molecule has 1 aromatic carbocycles. The molecule has 7 fully saturated rings. The van der Waals surface area contributed by atoms with Gasteiger partial charge in [-0.3, -0.25) is 139 Å². The molecule has 0 atom stereocenters. The fourth-order valence-electron chi connectivity index (χ4n) is 12.0. The number of aromatic nitrogens is 4. The molecule has 147 heavy (non-hydrogen) atoms. The van der Waals surface area contributed by atoms with Crippen LogP contribution < -0.4 is 49.8 Å².